The molecule has 3 aliphatic rings. The Kier molecular flexibility index (Phi) is 5.61. The summed E-state index contributed by atoms with van der Waals surface area (Å²) in [5.41, 5.74) is 0. The topological polar surface area (TPSA) is 15.3 Å². The first-order valence-corrected chi connectivity index (χ1v) is 9.75. The fraction of sp³-hybridized carbons (Fsp3) is 1.00. The largest absolute Gasteiger partial charge is 0.314 e. The van der Waals surface area contributed by atoms with E-state index < -0.39 is 0 Å². The van der Waals surface area contributed by atoms with E-state index in [1.54, 1.807) is 0 Å². The average Bonchev–Trinajstić information content (AvgIpc) is 3.03. The molecule has 0 aromatic heterocycles. The first-order valence-electron chi connectivity index (χ1n) is 9.75. The van der Waals surface area contributed by atoms with Crippen LogP contribution in [0.1, 0.15) is 65.2 Å². The normalized spacial score (nSPS) is 40.6. The number of rotatable bonds is 6. The average molecular weight is 293 g/mol. The molecule has 5 unspecified atom stereocenters. The molecule has 0 radical (unpaired) electrons. The van der Waals surface area contributed by atoms with Crippen molar-refractivity contribution in [2.24, 2.45) is 23.7 Å². The second-order valence-electron chi connectivity index (χ2n) is 8.06. The Balaban J connectivity index is 1.54. The lowest BCUT2D eigenvalue weighted by molar-refractivity contribution is 0.145. The molecule has 21 heavy (non-hydrogen) atoms. The van der Waals surface area contributed by atoms with Crippen LogP contribution in [0.25, 0.3) is 0 Å². The van der Waals surface area contributed by atoms with Crippen LogP contribution in [0.5, 0.6) is 0 Å². The monoisotopic (exact) mass is 292 g/mol. The molecule has 2 aliphatic carbocycles. The van der Waals surface area contributed by atoms with E-state index in [9.17, 15) is 0 Å². The molecule has 5 atom stereocenters. The predicted octanol–water partition coefficient (Wildman–Crippen LogP) is 3.91. The lowest BCUT2D eigenvalue weighted by Crippen LogP contribution is -2.45. The zero-order valence-electron chi connectivity index (χ0n) is 14.3. The number of nitrogens with one attached hydrogen (secondary N) is 1. The summed E-state index contributed by atoms with van der Waals surface area (Å²) in [6.07, 6.45) is 11.7. The molecule has 1 aliphatic heterocycles. The van der Waals surface area contributed by atoms with Crippen molar-refractivity contribution in [3.63, 3.8) is 0 Å². The fourth-order valence-corrected chi connectivity index (χ4v) is 5.58. The molecule has 3 rings (SSSR count). The Bertz CT molecular complexity index is 305. The van der Waals surface area contributed by atoms with Crippen molar-refractivity contribution in [3.05, 3.63) is 0 Å². The molecule has 1 saturated heterocycles. The van der Waals surface area contributed by atoms with Crippen LogP contribution >= 0.6 is 0 Å². The van der Waals surface area contributed by atoms with Crippen LogP contribution in [0.15, 0.2) is 0 Å². The molecule has 2 nitrogen and oxygen atoms in total. The van der Waals surface area contributed by atoms with Gasteiger partial charge in [-0.15, -0.1) is 0 Å². The summed E-state index contributed by atoms with van der Waals surface area (Å²) < 4.78 is 0. The standard InChI is InChI=1S/C19H36N2/c1-3-6-15-9-10-19(20-4-2)18(11-15)14-21-12-16-7-5-8-17(16)13-21/h15-20H,3-14H2,1-2H3. The number of hydrogen-bond acceptors (Lipinski definition) is 2. The van der Waals surface area contributed by atoms with Gasteiger partial charge in [0, 0.05) is 25.7 Å². The minimum absolute atomic E-state index is 0.795. The highest BCUT2D eigenvalue weighted by Gasteiger charge is 2.38. The van der Waals surface area contributed by atoms with Crippen LogP contribution in [0, 0.1) is 23.7 Å². The van der Waals surface area contributed by atoms with Gasteiger partial charge in [0.05, 0.1) is 0 Å². The molecular weight excluding hydrogens is 256 g/mol. The van der Waals surface area contributed by atoms with Crippen molar-refractivity contribution in [2.45, 2.75) is 71.3 Å². The van der Waals surface area contributed by atoms with E-state index in [2.05, 4.69) is 24.1 Å². The highest BCUT2D eigenvalue weighted by Crippen LogP contribution is 2.39. The summed E-state index contributed by atoms with van der Waals surface area (Å²) in [6.45, 7) is 9.98. The SMILES string of the molecule is CCCC1CCC(NCC)C(CN2CC3CCCC3C2)C1. The summed E-state index contributed by atoms with van der Waals surface area (Å²) in [5.74, 6) is 4.03. The summed E-state index contributed by atoms with van der Waals surface area (Å²) in [7, 11) is 0. The third kappa shape index (κ3) is 3.82. The first-order chi connectivity index (χ1) is 10.3. The lowest BCUT2D eigenvalue weighted by atomic mass is 9.76. The second-order valence-corrected chi connectivity index (χ2v) is 8.06. The maximum absolute atomic E-state index is 3.79. The molecule has 1 N–H and O–H groups in total. The van der Waals surface area contributed by atoms with E-state index in [0.717, 1.165) is 36.3 Å². The maximum atomic E-state index is 3.79. The van der Waals surface area contributed by atoms with Crippen LogP contribution in [-0.2, 0) is 0 Å². The van der Waals surface area contributed by atoms with Gasteiger partial charge in [-0.05, 0) is 62.3 Å². The van der Waals surface area contributed by atoms with Gasteiger partial charge in [0.1, 0.15) is 0 Å². The van der Waals surface area contributed by atoms with Crippen molar-refractivity contribution in [1.82, 2.24) is 10.2 Å². The van der Waals surface area contributed by atoms with Crippen LogP contribution in [0.2, 0.25) is 0 Å². The van der Waals surface area contributed by atoms with Gasteiger partial charge in [-0.1, -0.05) is 33.1 Å². The van der Waals surface area contributed by atoms with E-state index in [4.69, 9.17) is 0 Å². The quantitative estimate of drug-likeness (QED) is 0.798. The number of fused-ring (bicyclic) bond motifs is 1. The fourth-order valence-electron chi connectivity index (χ4n) is 5.58. The van der Waals surface area contributed by atoms with E-state index in [0.29, 0.717) is 0 Å². The summed E-state index contributed by atoms with van der Waals surface area (Å²) in [6, 6.07) is 0.795. The highest BCUT2D eigenvalue weighted by atomic mass is 15.2. The van der Waals surface area contributed by atoms with Crippen LogP contribution in [0.4, 0.5) is 0 Å². The minimum atomic E-state index is 0.795. The van der Waals surface area contributed by atoms with Gasteiger partial charge in [-0.3, -0.25) is 0 Å². The minimum Gasteiger partial charge on any atom is -0.314 e. The maximum Gasteiger partial charge on any atom is 0.0108 e. The van der Waals surface area contributed by atoms with E-state index in [1.165, 1.54) is 71.0 Å². The number of nitrogens with zero attached hydrogens (tertiary/aromatic N) is 1. The van der Waals surface area contributed by atoms with Crippen LogP contribution in [-0.4, -0.2) is 37.1 Å². The summed E-state index contributed by atoms with van der Waals surface area (Å²) in [5, 5.41) is 3.79. The zero-order chi connectivity index (χ0) is 14.7. The third-order valence-corrected chi connectivity index (χ3v) is 6.55. The molecule has 1 heterocycles. The highest BCUT2D eigenvalue weighted by molar-refractivity contribution is 4.92. The van der Waals surface area contributed by atoms with Gasteiger partial charge >= 0.3 is 0 Å². The van der Waals surface area contributed by atoms with Gasteiger partial charge < -0.3 is 10.2 Å². The van der Waals surface area contributed by atoms with Gasteiger partial charge in [-0.2, -0.15) is 0 Å². The molecule has 2 saturated carbocycles. The second kappa shape index (κ2) is 7.46. The Morgan fingerprint density at radius 3 is 2.43 bits per heavy atom. The van der Waals surface area contributed by atoms with Crippen LogP contribution < -0.4 is 5.32 Å². The third-order valence-electron chi connectivity index (χ3n) is 6.55. The van der Waals surface area contributed by atoms with E-state index in [1.807, 2.05) is 0 Å². The molecule has 3 fully saturated rings. The molecule has 0 aromatic rings. The van der Waals surface area contributed by atoms with E-state index in [-0.39, 0.29) is 0 Å². The number of hydrogen-bond donors (Lipinski definition) is 1. The molecule has 0 aromatic carbocycles. The van der Waals surface area contributed by atoms with Crippen molar-refractivity contribution < 1.29 is 0 Å². The Hall–Kier alpha value is -0.0800. The molecule has 122 valence electrons. The van der Waals surface area contributed by atoms with Gasteiger partial charge in [0.25, 0.3) is 0 Å². The first kappa shape index (κ1) is 15.8. The predicted molar refractivity (Wildman–Crippen MR) is 90.5 cm³/mol. The summed E-state index contributed by atoms with van der Waals surface area (Å²) in [4.78, 5) is 2.83. The zero-order valence-corrected chi connectivity index (χ0v) is 14.3. The smallest absolute Gasteiger partial charge is 0.0108 e. The lowest BCUT2D eigenvalue weighted by Gasteiger charge is -2.39. The molecule has 0 spiro atoms. The van der Waals surface area contributed by atoms with E-state index >= 15 is 0 Å². The van der Waals surface area contributed by atoms with Gasteiger partial charge in [0.15, 0.2) is 0 Å². The molecule has 2 heteroatoms. The van der Waals surface area contributed by atoms with Crippen LogP contribution in [0.3, 0.4) is 0 Å². The molecule has 0 bridgehead atoms. The van der Waals surface area contributed by atoms with Gasteiger partial charge in [-0.25, -0.2) is 0 Å². The Morgan fingerprint density at radius 2 is 1.76 bits per heavy atom. The van der Waals surface area contributed by atoms with Gasteiger partial charge in [0.2, 0.25) is 0 Å². The Morgan fingerprint density at radius 1 is 1.00 bits per heavy atom. The molecule has 0 amide bonds. The molecular formula is C19H36N2. The van der Waals surface area contributed by atoms with Crippen molar-refractivity contribution in [2.75, 3.05) is 26.2 Å². The van der Waals surface area contributed by atoms with Crippen molar-refractivity contribution >= 4 is 0 Å². The summed E-state index contributed by atoms with van der Waals surface area (Å²) >= 11 is 0. The number of likely N-dealkylation sites (tertiary alicyclic amines) is 1. The van der Waals surface area contributed by atoms with Crippen molar-refractivity contribution in [1.29, 1.82) is 0 Å². The Labute approximate surface area is 132 Å². The van der Waals surface area contributed by atoms with Crippen molar-refractivity contribution in [3.8, 4) is 0 Å².